The molecule has 1 amide bonds. The molecule has 0 unspecified atom stereocenters. The molecular weight excluding hydrogens is 370 g/mol. The largest absolute Gasteiger partial charge is 0.379 e. The Bertz CT molecular complexity index is 852. The number of aryl methyl sites for hydroxylation is 1. The Morgan fingerprint density at radius 2 is 1.82 bits per heavy atom. The van der Waals surface area contributed by atoms with Crippen molar-refractivity contribution in [1.29, 1.82) is 0 Å². The number of carbonyl (C=O) groups is 1. The van der Waals surface area contributed by atoms with Crippen molar-refractivity contribution in [2.75, 3.05) is 37.9 Å². The van der Waals surface area contributed by atoms with Gasteiger partial charge < -0.3 is 9.64 Å². The van der Waals surface area contributed by atoms with Gasteiger partial charge in [-0.2, -0.15) is 0 Å². The molecule has 2 aliphatic rings. The minimum atomic E-state index is -0.293. The third kappa shape index (κ3) is 3.94. The Labute approximate surface area is 171 Å². The highest BCUT2D eigenvalue weighted by molar-refractivity contribution is 7.80. The van der Waals surface area contributed by atoms with Gasteiger partial charge in [0, 0.05) is 19.5 Å². The standard InChI is InChI=1S/C22H25N3O2S/c1-17-6-5-9-19(14-17)25-21(26)20(15-18-7-3-2-4-8-18)24(22(25)28)16-23-10-12-27-13-11-23/h2-9,14,20H,10-13,15-16H2,1H3/t20-/m0/s1. The summed E-state index contributed by atoms with van der Waals surface area (Å²) in [5.74, 6) is 0.0488. The number of hydrogen-bond donors (Lipinski definition) is 0. The van der Waals surface area contributed by atoms with E-state index >= 15 is 0 Å². The van der Waals surface area contributed by atoms with E-state index in [9.17, 15) is 4.79 Å². The van der Waals surface area contributed by atoms with E-state index in [-0.39, 0.29) is 11.9 Å². The van der Waals surface area contributed by atoms with Crippen molar-refractivity contribution in [2.24, 2.45) is 0 Å². The number of carbonyl (C=O) groups excluding carboxylic acids is 1. The molecule has 0 radical (unpaired) electrons. The van der Waals surface area contributed by atoms with E-state index in [4.69, 9.17) is 17.0 Å². The second-order valence-corrected chi connectivity index (χ2v) is 7.71. The molecule has 2 aromatic rings. The van der Waals surface area contributed by atoms with E-state index in [1.807, 2.05) is 49.4 Å². The summed E-state index contributed by atoms with van der Waals surface area (Å²) in [6.45, 7) is 5.83. The topological polar surface area (TPSA) is 36.0 Å². The number of anilines is 1. The highest BCUT2D eigenvalue weighted by Gasteiger charge is 2.43. The van der Waals surface area contributed by atoms with Crippen LogP contribution in [0.4, 0.5) is 5.69 Å². The maximum atomic E-state index is 13.4. The molecule has 0 spiro atoms. The second kappa shape index (κ2) is 8.39. The molecule has 0 aromatic heterocycles. The zero-order valence-corrected chi connectivity index (χ0v) is 16.9. The van der Waals surface area contributed by atoms with Gasteiger partial charge in [-0.3, -0.25) is 14.6 Å². The quantitative estimate of drug-likeness (QED) is 0.728. The van der Waals surface area contributed by atoms with Gasteiger partial charge in [-0.1, -0.05) is 42.5 Å². The molecule has 4 rings (SSSR count). The van der Waals surface area contributed by atoms with Crippen LogP contribution in [0.15, 0.2) is 54.6 Å². The zero-order chi connectivity index (χ0) is 19.5. The third-order valence-electron chi connectivity index (χ3n) is 5.31. The highest BCUT2D eigenvalue weighted by Crippen LogP contribution is 2.28. The Balaban J connectivity index is 1.63. The lowest BCUT2D eigenvalue weighted by molar-refractivity contribution is -0.120. The molecule has 2 saturated heterocycles. The van der Waals surface area contributed by atoms with Crippen molar-refractivity contribution >= 4 is 28.9 Å². The Hall–Kier alpha value is -2.28. The first-order chi connectivity index (χ1) is 13.6. The Morgan fingerprint density at radius 1 is 1.07 bits per heavy atom. The van der Waals surface area contributed by atoms with Crippen molar-refractivity contribution < 1.29 is 9.53 Å². The van der Waals surface area contributed by atoms with E-state index in [1.54, 1.807) is 4.90 Å². The number of ether oxygens (including phenoxy) is 1. The molecule has 0 aliphatic carbocycles. The molecular formula is C22H25N3O2S. The summed E-state index contributed by atoms with van der Waals surface area (Å²) < 4.78 is 5.47. The minimum Gasteiger partial charge on any atom is -0.379 e. The van der Waals surface area contributed by atoms with Gasteiger partial charge in [0.2, 0.25) is 0 Å². The van der Waals surface area contributed by atoms with Gasteiger partial charge >= 0.3 is 0 Å². The number of hydrogen-bond acceptors (Lipinski definition) is 4. The van der Waals surface area contributed by atoms with Crippen molar-refractivity contribution in [2.45, 2.75) is 19.4 Å². The fraction of sp³-hybridized carbons (Fsp3) is 0.364. The van der Waals surface area contributed by atoms with Gasteiger partial charge in [0.1, 0.15) is 6.04 Å². The summed E-state index contributed by atoms with van der Waals surface area (Å²) in [5, 5.41) is 0.586. The van der Waals surface area contributed by atoms with E-state index in [2.05, 4.69) is 21.9 Å². The summed E-state index contributed by atoms with van der Waals surface area (Å²) in [7, 11) is 0. The summed E-state index contributed by atoms with van der Waals surface area (Å²) in [6, 6.07) is 17.8. The minimum absolute atomic E-state index is 0.0488. The molecule has 0 saturated carbocycles. The maximum absolute atomic E-state index is 13.4. The van der Waals surface area contributed by atoms with Crippen molar-refractivity contribution in [3.8, 4) is 0 Å². The van der Waals surface area contributed by atoms with Crippen LogP contribution in [0.2, 0.25) is 0 Å². The van der Waals surface area contributed by atoms with Crippen LogP contribution in [0.3, 0.4) is 0 Å². The van der Waals surface area contributed by atoms with Gasteiger partial charge in [-0.15, -0.1) is 0 Å². The molecule has 28 heavy (non-hydrogen) atoms. The van der Waals surface area contributed by atoms with E-state index < -0.39 is 0 Å². The Morgan fingerprint density at radius 3 is 2.54 bits per heavy atom. The first kappa shape index (κ1) is 19.1. The maximum Gasteiger partial charge on any atom is 0.256 e. The molecule has 0 N–H and O–H groups in total. The van der Waals surface area contributed by atoms with Crippen LogP contribution < -0.4 is 4.90 Å². The molecule has 146 valence electrons. The smallest absolute Gasteiger partial charge is 0.256 e. The number of morpholine rings is 1. The van der Waals surface area contributed by atoms with Crippen LogP contribution >= 0.6 is 12.2 Å². The predicted octanol–water partition coefficient (Wildman–Crippen LogP) is 2.83. The summed E-state index contributed by atoms with van der Waals surface area (Å²) >= 11 is 5.80. The molecule has 2 aromatic carbocycles. The third-order valence-corrected chi connectivity index (χ3v) is 5.72. The molecule has 5 nitrogen and oxygen atoms in total. The van der Waals surface area contributed by atoms with Gasteiger partial charge in [-0.05, 0) is 42.4 Å². The van der Waals surface area contributed by atoms with Gasteiger partial charge in [0.25, 0.3) is 5.91 Å². The number of benzene rings is 2. The molecule has 6 heteroatoms. The first-order valence-electron chi connectivity index (χ1n) is 9.69. The van der Waals surface area contributed by atoms with Crippen LogP contribution in [0.1, 0.15) is 11.1 Å². The van der Waals surface area contributed by atoms with Crippen molar-refractivity contribution in [3.63, 3.8) is 0 Å². The average molecular weight is 396 g/mol. The number of nitrogens with zero attached hydrogens (tertiary/aromatic N) is 3. The summed E-state index contributed by atoms with van der Waals surface area (Å²) in [6.07, 6.45) is 0.645. The number of thiocarbonyl (C=S) groups is 1. The lowest BCUT2D eigenvalue weighted by Gasteiger charge is -2.33. The second-order valence-electron chi connectivity index (χ2n) is 7.34. The van der Waals surface area contributed by atoms with E-state index in [1.165, 1.54) is 0 Å². The van der Waals surface area contributed by atoms with E-state index in [0.29, 0.717) is 18.2 Å². The fourth-order valence-corrected chi connectivity index (χ4v) is 4.18. The van der Waals surface area contributed by atoms with Gasteiger partial charge in [0.15, 0.2) is 5.11 Å². The van der Waals surface area contributed by atoms with Crippen LogP contribution in [-0.4, -0.2) is 59.8 Å². The normalized spacial score (nSPS) is 20.8. The van der Waals surface area contributed by atoms with Crippen molar-refractivity contribution in [3.05, 3.63) is 65.7 Å². The molecule has 0 bridgehead atoms. The Kier molecular flexibility index (Phi) is 5.71. The van der Waals surface area contributed by atoms with Crippen LogP contribution in [0.5, 0.6) is 0 Å². The molecule has 2 aliphatic heterocycles. The fourth-order valence-electron chi connectivity index (χ4n) is 3.80. The predicted molar refractivity (Wildman–Crippen MR) is 114 cm³/mol. The summed E-state index contributed by atoms with van der Waals surface area (Å²) in [4.78, 5) is 19.5. The van der Waals surface area contributed by atoms with E-state index in [0.717, 1.165) is 43.1 Å². The van der Waals surface area contributed by atoms with Crippen LogP contribution in [0, 0.1) is 6.92 Å². The number of amides is 1. The van der Waals surface area contributed by atoms with Crippen molar-refractivity contribution in [1.82, 2.24) is 9.80 Å². The molecule has 2 heterocycles. The van der Waals surface area contributed by atoms with Crippen LogP contribution in [0.25, 0.3) is 0 Å². The molecule has 1 atom stereocenters. The summed E-state index contributed by atoms with van der Waals surface area (Å²) in [5.41, 5.74) is 3.10. The highest BCUT2D eigenvalue weighted by atomic mass is 32.1. The van der Waals surface area contributed by atoms with Gasteiger partial charge in [0.05, 0.1) is 25.6 Å². The van der Waals surface area contributed by atoms with Gasteiger partial charge in [-0.25, -0.2) is 0 Å². The average Bonchev–Trinajstić information content (AvgIpc) is 2.93. The SMILES string of the molecule is Cc1cccc(N2C(=O)[C@H](Cc3ccccc3)N(CN3CCOCC3)C2=S)c1. The lowest BCUT2D eigenvalue weighted by atomic mass is 10.1. The lowest BCUT2D eigenvalue weighted by Crippen LogP contribution is -2.48. The van der Waals surface area contributed by atoms with Crippen LogP contribution in [-0.2, 0) is 16.0 Å². The monoisotopic (exact) mass is 395 g/mol. The first-order valence-corrected chi connectivity index (χ1v) is 10.1. The number of rotatable bonds is 5. The molecule has 2 fully saturated rings. The zero-order valence-electron chi connectivity index (χ0n) is 16.1.